The molecule has 3 aromatic rings. The van der Waals surface area contributed by atoms with Gasteiger partial charge >= 0.3 is 17.9 Å². The summed E-state index contributed by atoms with van der Waals surface area (Å²) in [5, 5.41) is 12.8. The van der Waals surface area contributed by atoms with Gasteiger partial charge in [-0.15, -0.1) is 0 Å². The minimum absolute atomic E-state index is 0.00301. The molecule has 0 bridgehead atoms. The van der Waals surface area contributed by atoms with Crippen LogP contribution < -0.4 is 5.32 Å². The first-order valence-electron chi connectivity index (χ1n) is 9.61. The molecule has 34 heavy (non-hydrogen) atoms. The van der Waals surface area contributed by atoms with E-state index in [-0.39, 0.29) is 16.8 Å². The molecule has 0 aliphatic heterocycles. The van der Waals surface area contributed by atoms with Crippen LogP contribution in [0.5, 0.6) is 0 Å². The lowest BCUT2D eigenvalue weighted by Gasteiger charge is -2.23. The highest BCUT2D eigenvalue weighted by molar-refractivity contribution is 6.31. The summed E-state index contributed by atoms with van der Waals surface area (Å²) < 4.78 is 10.3. The lowest BCUT2D eigenvalue weighted by molar-refractivity contribution is -0.157. The van der Waals surface area contributed by atoms with Gasteiger partial charge in [-0.3, -0.25) is 9.78 Å². The average molecular weight is 503 g/mol. The fourth-order valence-electron chi connectivity index (χ4n) is 2.68. The summed E-state index contributed by atoms with van der Waals surface area (Å²) >= 11 is 11.6. The monoisotopic (exact) mass is 502 g/mol. The maximum Gasteiger partial charge on any atom is 0.349 e. The van der Waals surface area contributed by atoms with Crippen molar-refractivity contribution in [2.75, 3.05) is 5.32 Å². The molecule has 2 aromatic carbocycles. The number of esters is 2. The van der Waals surface area contributed by atoms with E-state index in [1.54, 1.807) is 0 Å². The number of hydrogen-bond donors (Lipinski definition) is 2. The third-order valence-electron chi connectivity index (χ3n) is 4.33. The molecule has 0 aliphatic carbocycles. The Hall–Kier alpha value is -3.95. The number of carbonyl (C=O) groups excluding carboxylic acids is 3. The van der Waals surface area contributed by atoms with E-state index < -0.39 is 36.0 Å². The molecule has 174 valence electrons. The molecular weight excluding hydrogens is 487 g/mol. The van der Waals surface area contributed by atoms with Gasteiger partial charge in [0.1, 0.15) is 0 Å². The second-order valence-corrected chi connectivity index (χ2v) is 7.61. The average Bonchev–Trinajstić information content (AvgIpc) is 2.82. The summed E-state index contributed by atoms with van der Waals surface area (Å²) in [7, 11) is 0. The van der Waals surface area contributed by atoms with E-state index in [0.29, 0.717) is 10.0 Å². The number of pyridine rings is 1. The second kappa shape index (κ2) is 11.3. The highest BCUT2D eigenvalue weighted by Crippen LogP contribution is 2.17. The lowest BCUT2D eigenvalue weighted by Crippen LogP contribution is -2.48. The van der Waals surface area contributed by atoms with Crippen LogP contribution in [-0.2, 0) is 19.1 Å². The Labute approximate surface area is 203 Å². The predicted octanol–water partition coefficient (Wildman–Crippen LogP) is 3.86. The van der Waals surface area contributed by atoms with Gasteiger partial charge in [-0.1, -0.05) is 23.2 Å². The van der Waals surface area contributed by atoms with Gasteiger partial charge in [0, 0.05) is 16.2 Å². The molecule has 2 atom stereocenters. The number of carboxylic acid groups (broad SMARTS) is 1. The van der Waals surface area contributed by atoms with Crippen molar-refractivity contribution in [1.82, 2.24) is 4.98 Å². The third kappa shape index (κ3) is 6.53. The van der Waals surface area contributed by atoms with Crippen LogP contribution in [0, 0.1) is 0 Å². The third-order valence-corrected chi connectivity index (χ3v) is 4.84. The number of halogens is 2. The largest absolute Gasteiger partial charge is 0.478 e. The normalized spacial score (nSPS) is 12.2. The molecule has 11 heteroatoms. The molecule has 1 aromatic heterocycles. The molecule has 0 aliphatic rings. The smallest absolute Gasteiger partial charge is 0.349 e. The molecule has 1 amide bonds. The van der Waals surface area contributed by atoms with Crippen LogP contribution in [0.25, 0.3) is 0 Å². The Balaban J connectivity index is 1.89. The fourth-order valence-corrected chi connectivity index (χ4v) is 2.94. The summed E-state index contributed by atoms with van der Waals surface area (Å²) in [6.07, 6.45) is -1.46. The van der Waals surface area contributed by atoms with Crippen LogP contribution in [0.2, 0.25) is 10.0 Å². The number of aliphatic carboxylic acids is 1. The zero-order chi connectivity index (χ0) is 24.7. The minimum Gasteiger partial charge on any atom is -0.478 e. The molecular formula is C23H16Cl2N2O7. The van der Waals surface area contributed by atoms with Gasteiger partial charge in [-0.2, -0.15) is 0 Å². The van der Waals surface area contributed by atoms with Crippen LogP contribution in [0.15, 0.2) is 73.1 Å². The van der Waals surface area contributed by atoms with Crippen molar-refractivity contribution >= 4 is 52.7 Å². The summed E-state index contributed by atoms with van der Waals surface area (Å²) in [6, 6.07) is 13.9. The molecule has 9 nitrogen and oxygen atoms in total. The van der Waals surface area contributed by atoms with Crippen LogP contribution in [0.3, 0.4) is 0 Å². The Morgan fingerprint density at radius 1 is 0.794 bits per heavy atom. The van der Waals surface area contributed by atoms with Crippen LogP contribution in [0.1, 0.15) is 20.7 Å². The van der Waals surface area contributed by atoms with Crippen molar-refractivity contribution in [3.05, 3.63) is 94.2 Å². The topological polar surface area (TPSA) is 132 Å². The Morgan fingerprint density at radius 2 is 1.29 bits per heavy atom. The number of hydrogen-bond acceptors (Lipinski definition) is 7. The summed E-state index contributed by atoms with van der Waals surface area (Å²) in [5.74, 6) is -4.85. The molecule has 3 rings (SSSR count). The van der Waals surface area contributed by atoms with Gasteiger partial charge in [0.05, 0.1) is 23.0 Å². The number of benzene rings is 2. The maximum atomic E-state index is 12.9. The number of carboxylic acids is 1. The number of nitrogens with zero attached hydrogens (tertiary/aromatic N) is 1. The number of amides is 1. The highest BCUT2D eigenvalue weighted by atomic mass is 35.5. The molecule has 0 spiro atoms. The van der Waals surface area contributed by atoms with E-state index in [0.717, 1.165) is 0 Å². The SMILES string of the molecule is O=C(O[C@H](C(=O)O)[C@@H](OC(=O)c1ccc(Cl)cc1)C(=O)Nc1cccnc1)c1ccc(Cl)cc1. The van der Waals surface area contributed by atoms with Crippen molar-refractivity contribution in [2.45, 2.75) is 12.2 Å². The van der Waals surface area contributed by atoms with E-state index in [2.05, 4.69) is 10.3 Å². The summed E-state index contributed by atoms with van der Waals surface area (Å²) in [5.41, 5.74) is 0.177. The number of ether oxygens (including phenoxy) is 2. The van der Waals surface area contributed by atoms with Crippen molar-refractivity contribution in [3.63, 3.8) is 0 Å². The van der Waals surface area contributed by atoms with Crippen molar-refractivity contribution in [3.8, 4) is 0 Å². The van der Waals surface area contributed by atoms with Crippen molar-refractivity contribution in [2.24, 2.45) is 0 Å². The van der Waals surface area contributed by atoms with E-state index >= 15 is 0 Å². The van der Waals surface area contributed by atoms with Gasteiger partial charge in [-0.25, -0.2) is 14.4 Å². The number of nitrogens with one attached hydrogen (secondary N) is 1. The van der Waals surface area contributed by atoms with Crippen molar-refractivity contribution < 1.29 is 33.8 Å². The zero-order valence-electron chi connectivity index (χ0n) is 17.2. The molecule has 2 N–H and O–H groups in total. The first-order valence-corrected chi connectivity index (χ1v) is 10.4. The minimum atomic E-state index is -2.17. The number of aromatic nitrogens is 1. The van der Waals surface area contributed by atoms with Gasteiger partial charge in [0.25, 0.3) is 5.91 Å². The molecule has 0 fully saturated rings. The van der Waals surface area contributed by atoms with E-state index in [1.807, 2.05) is 0 Å². The Bertz CT molecular complexity index is 1190. The van der Waals surface area contributed by atoms with Crippen LogP contribution in [-0.4, -0.2) is 46.1 Å². The first kappa shape index (κ1) is 24.7. The van der Waals surface area contributed by atoms with Crippen LogP contribution >= 0.6 is 23.2 Å². The number of anilines is 1. The maximum absolute atomic E-state index is 12.9. The van der Waals surface area contributed by atoms with Gasteiger partial charge in [0.2, 0.25) is 12.2 Å². The van der Waals surface area contributed by atoms with Gasteiger partial charge in [-0.05, 0) is 60.7 Å². The Morgan fingerprint density at radius 3 is 1.74 bits per heavy atom. The second-order valence-electron chi connectivity index (χ2n) is 6.73. The molecule has 1 heterocycles. The quantitative estimate of drug-likeness (QED) is 0.443. The fraction of sp³-hybridized carbons (Fsp3) is 0.0870. The first-order chi connectivity index (χ1) is 16.2. The molecule has 0 radical (unpaired) electrons. The standard InChI is InChI=1S/C23H16Cl2N2O7/c24-15-7-3-13(4-8-15)22(31)33-18(20(28)27-17-2-1-11-26-12-17)19(21(29)30)34-23(32)14-5-9-16(25)10-6-14/h1-12,18-19H,(H,27,28)(H,29,30)/t18-,19+/m1/s1. The van der Waals surface area contributed by atoms with Crippen LogP contribution in [0.4, 0.5) is 5.69 Å². The lowest BCUT2D eigenvalue weighted by atomic mass is 10.1. The summed E-state index contributed by atoms with van der Waals surface area (Å²) in [6.45, 7) is 0. The van der Waals surface area contributed by atoms with E-state index in [4.69, 9.17) is 32.7 Å². The molecule has 0 saturated carbocycles. The summed E-state index contributed by atoms with van der Waals surface area (Å²) in [4.78, 5) is 53.9. The van der Waals surface area contributed by atoms with E-state index in [9.17, 15) is 24.3 Å². The van der Waals surface area contributed by atoms with Crippen molar-refractivity contribution in [1.29, 1.82) is 0 Å². The molecule has 0 saturated heterocycles. The van der Waals surface area contributed by atoms with Gasteiger partial charge in [0.15, 0.2) is 0 Å². The predicted molar refractivity (Wildman–Crippen MR) is 122 cm³/mol. The number of rotatable bonds is 8. The Kier molecular flexibility index (Phi) is 8.18. The number of carbonyl (C=O) groups is 4. The highest BCUT2D eigenvalue weighted by Gasteiger charge is 2.41. The molecule has 0 unspecified atom stereocenters. The van der Waals surface area contributed by atoms with Gasteiger partial charge < -0.3 is 19.9 Å². The zero-order valence-corrected chi connectivity index (χ0v) is 18.7. The van der Waals surface area contributed by atoms with E-state index in [1.165, 1.54) is 73.1 Å².